The maximum Gasteiger partial charge on any atom is 0.317 e. The zero-order valence-electron chi connectivity index (χ0n) is 12.1. The molecule has 1 saturated heterocycles. The number of rotatable bonds is 7. The Balaban J connectivity index is 0.00000361. The number of nitrogens with one attached hydrogen (secondary N) is 3. The van der Waals surface area contributed by atoms with E-state index in [9.17, 15) is 9.59 Å². The molecular weight excluding hydrogens is 284 g/mol. The molecule has 3 N–H and O–H groups in total. The average Bonchev–Trinajstić information content (AvgIpc) is 2.83. The molecule has 20 heavy (non-hydrogen) atoms. The maximum atomic E-state index is 11.6. The summed E-state index contributed by atoms with van der Waals surface area (Å²) in [6.45, 7) is 5.29. The predicted molar refractivity (Wildman–Crippen MR) is 79.2 cm³/mol. The van der Waals surface area contributed by atoms with Crippen LogP contribution in [-0.4, -0.2) is 69.3 Å². The molecule has 1 heterocycles. The van der Waals surface area contributed by atoms with Crippen molar-refractivity contribution in [2.24, 2.45) is 0 Å². The van der Waals surface area contributed by atoms with Crippen LogP contribution in [0.5, 0.6) is 0 Å². The third-order valence-electron chi connectivity index (χ3n) is 2.94. The molecule has 7 nitrogen and oxygen atoms in total. The van der Waals surface area contributed by atoms with E-state index in [4.69, 9.17) is 4.74 Å². The van der Waals surface area contributed by atoms with Crippen molar-refractivity contribution in [2.75, 3.05) is 46.4 Å². The number of carbonyl (C=O) groups excluding carboxylic acids is 2. The molecule has 0 radical (unpaired) electrons. The van der Waals surface area contributed by atoms with Crippen LogP contribution in [0.4, 0.5) is 4.79 Å². The molecule has 1 unspecified atom stereocenters. The first-order valence-corrected chi connectivity index (χ1v) is 6.69. The summed E-state index contributed by atoms with van der Waals surface area (Å²) in [5, 5.41) is 8.66. The van der Waals surface area contributed by atoms with Crippen molar-refractivity contribution >= 4 is 24.3 Å². The third-order valence-corrected chi connectivity index (χ3v) is 2.94. The summed E-state index contributed by atoms with van der Waals surface area (Å²) in [5.74, 6) is -0.0427. The second kappa shape index (κ2) is 10.7. The fourth-order valence-electron chi connectivity index (χ4n) is 1.98. The molecule has 0 aromatic rings. The van der Waals surface area contributed by atoms with Gasteiger partial charge < -0.3 is 25.6 Å². The van der Waals surface area contributed by atoms with Crippen LogP contribution >= 0.6 is 12.4 Å². The Labute approximate surface area is 126 Å². The van der Waals surface area contributed by atoms with Gasteiger partial charge in [0.05, 0.1) is 13.2 Å². The van der Waals surface area contributed by atoms with E-state index in [1.807, 2.05) is 6.92 Å². The minimum absolute atomic E-state index is 0. The van der Waals surface area contributed by atoms with Crippen LogP contribution in [0.1, 0.15) is 13.3 Å². The number of hydrogen-bond acceptors (Lipinski definition) is 4. The number of carbonyl (C=O) groups is 2. The molecule has 0 saturated carbocycles. The topological polar surface area (TPSA) is 82.7 Å². The predicted octanol–water partition coefficient (Wildman–Crippen LogP) is -0.436. The van der Waals surface area contributed by atoms with E-state index >= 15 is 0 Å². The highest BCUT2D eigenvalue weighted by Crippen LogP contribution is 2.08. The lowest BCUT2D eigenvalue weighted by Crippen LogP contribution is -2.44. The largest absolute Gasteiger partial charge is 0.383 e. The van der Waals surface area contributed by atoms with Gasteiger partial charge in [-0.1, -0.05) is 0 Å². The van der Waals surface area contributed by atoms with Crippen LogP contribution in [0, 0.1) is 0 Å². The van der Waals surface area contributed by atoms with Gasteiger partial charge in [0.2, 0.25) is 5.91 Å². The highest BCUT2D eigenvalue weighted by molar-refractivity contribution is 5.85. The molecule has 1 aliphatic heterocycles. The lowest BCUT2D eigenvalue weighted by molar-refractivity contribution is -0.120. The number of hydrogen-bond donors (Lipinski definition) is 3. The summed E-state index contributed by atoms with van der Waals surface area (Å²) in [6.07, 6.45) is 0.806. The van der Waals surface area contributed by atoms with Gasteiger partial charge in [-0.3, -0.25) is 4.79 Å². The van der Waals surface area contributed by atoms with Gasteiger partial charge in [-0.2, -0.15) is 0 Å². The summed E-state index contributed by atoms with van der Waals surface area (Å²) in [6, 6.07) is -0.00296. The van der Waals surface area contributed by atoms with Crippen molar-refractivity contribution in [1.82, 2.24) is 20.9 Å². The normalized spacial score (nSPS) is 17.5. The van der Waals surface area contributed by atoms with Crippen molar-refractivity contribution in [3.8, 4) is 0 Å². The SMILES string of the molecule is CCNC(=O)N1CCC(NC(=O)CNCCOC)C1.Cl. The lowest BCUT2D eigenvalue weighted by atomic mass is 10.2. The summed E-state index contributed by atoms with van der Waals surface area (Å²) < 4.78 is 4.88. The monoisotopic (exact) mass is 308 g/mol. The summed E-state index contributed by atoms with van der Waals surface area (Å²) in [7, 11) is 1.62. The van der Waals surface area contributed by atoms with Gasteiger partial charge in [0.15, 0.2) is 0 Å². The van der Waals surface area contributed by atoms with Crippen molar-refractivity contribution in [2.45, 2.75) is 19.4 Å². The van der Waals surface area contributed by atoms with E-state index in [1.165, 1.54) is 0 Å². The van der Waals surface area contributed by atoms with Crippen molar-refractivity contribution in [1.29, 1.82) is 0 Å². The Morgan fingerprint density at radius 3 is 2.80 bits per heavy atom. The van der Waals surface area contributed by atoms with Crippen LogP contribution in [-0.2, 0) is 9.53 Å². The minimum atomic E-state index is -0.0579. The summed E-state index contributed by atoms with van der Waals surface area (Å²) in [5.41, 5.74) is 0. The Kier molecular flexibility index (Phi) is 10.1. The number of ether oxygens (including phenoxy) is 1. The zero-order chi connectivity index (χ0) is 14.1. The molecule has 1 atom stereocenters. The van der Waals surface area contributed by atoms with Gasteiger partial charge in [0, 0.05) is 39.3 Å². The highest BCUT2D eigenvalue weighted by Gasteiger charge is 2.26. The van der Waals surface area contributed by atoms with E-state index in [0.717, 1.165) is 6.42 Å². The van der Waals surface area contributed by atoms with E-state index in [-0.39, 0.29) is 36.9 Å². The molecule has 1 fully saturated rings. The van der Waals surface area contributed by atoms with E-state index in [0.29, 0.717) is 32.8 Å². The molecule has 1 aliphatic rings. The molecule has 3 amide bonds. The molecule has 8 heteroatoms. The van der Waals surface area contributed by atoms with E-state index in [1.54, 1.807) is 12.0 Å². The number of methoxy groups -OCH3 is 1. The van der Waals surface area contributed by atoms with Gasteiger partial charge in [-0.05, 0) is 13.3 Å². The van der Waals surface area contributed by atoms with Crippen molar-refractivity contribution in [3.05, 3.63) is 0 Å². The Morgan fingerprint density at radius 1 is 1.40 bits per heavy atom. The third kappa shape index (κ3) is 6.93. The van der Waals surface area contributed by atoms with E-state index in [2.05, 4.69) is 16.0 Å². The standard InChI is InChI=1S/C12H24N4O3.ClH/c1-3-14-12(18)16-6-4-10(9-16)15-11(17)8-13-5-7-19-2;/h10,13H,3-9H2,1-2H3,(H,14,18)(H,15,17);1H. The fraction of sp³-hybridized carbons (Fsp3) is 0.833. The summed E-state index contributed by atoms with van der Waals surface area (Å²) >= 11 is 0. The highest BCUT2D eigenvalue weighted by atomic mass is 35.5. The number of amides is 3. The zero-order valence-corrected chi connectivity index (χ0v) is 12.9. The summed E-state index contributed by atoms with van der Waals surface area (Å²) in [4.78, 5) is 25.0. The van der Waals surface area contributed by atoms with Crippen molar-refractivity contribution < 1.29 is 14.3 Å². The van der Waals surface area contributed by atoms with Crippen LogP contribution in [0.3, 0.4) is 0 Å². The number of urea groups is 1. The smallest absolute Gasteiger partial charge is 0.317 e. The first-order valence-electron chi connectivity index (χ1n) is 6.69. The second-order valence-electron chi connectivity index (χ2n) is 4.50. The number of likely N-dealkylation sites (tertiary alicyclic amines) is 1. The van der Waals surface area contributed by atoms with E-state index < -0.39 is 0 Å². The lowest BCUT2D eigenvalue weighted by Gasteiger charge is -2.17. The molecule has 0 aromatic heterocycles. The Morgan fingerprint density at radius 2 is 2.15 bits per heavy atom. The molecule has 1 rings (SSSR count). The van der Waals surface area contributed by atoms with Gasteiger partial charge in [0.1, 0.15) is 0 Å². The minimum Gasteiger partial charge on any atom is -0.383 e. The molecule has 0 aliphatic carbocycles. The van der Waals surface area contributed by atoms with Gasteiger partial charge in [-0.25, -0.2) is 4.79 Å². The van der Waals surface area contributed by atoms with Gasteiger partial charge >= 0.3 is 6.03 Å². The fourth-order valence-corrected chi connectivity index (χ4v) is 1.98. The second-order valence-corrected chi connectivity index (χ2v) is 4.50. The Hall–Kier alpha value is -1.05. The molecular formula is C12H25ClN4O3. The molecule has 0 aromatic carbocycles. The maximum absolute atomic E-state index is 11.6. The molecule has 0 bridgehead atoms. The molecule has 0 spiro atoms. The van der Waals surface area contributed by atoms with Gasteiger partial charge in [-0.15, -0.1) is 12.4 Å². The van der Waals surface area contributed by atoms with Gasteiger partial charge in [0.25, 0.3) is 0 Å². The average molecular weight is 309 g/mol. The number of nitrogens with zero attached hydrogens (tertiary/aromatic N) is 1. The van der Waals surface area contributed by atoms with Crippen LogP contribution in [0.2, 0.25) is 0 Å². The van der Waals surface area contributed by atoms with Crippen molar-refractivity contribution in [3.63, 3.8) is 0 Å². The van der Waals surface area contributed by atoms with Crippen LogP contribution < -0.4 is 16.0 Å². The van der Waals surface area contributed by atoms with Crippen LogP contribution in [0.15, 0.2) is 0 Å². The Bertz CT molecular complexity index is 304. The quantitative estimate of drug-likeness (QED) is 0.557. The first kappa shape index (κ1) is 18.9. The van der Waals surface area contributed by atoms with Crippen LogP contribution in [0.25, 0.3) is 0 Å². The first-order chi connectivity index (χ1) is 9.17. The number of halogens is 1. The molecule has 118 valence electrons.